The standard InChI is InChI=1S/C16H19ClN2/c17-15-8-6-14(7-9-15)16(12-18)19-11-10-13-4-2-1-3-5-13/h4,6-9,16,19H,1-3,5,10-11H2. The van der Waals surface area contributed by atoms with E-state index in [1.807, 2.05) is 24.3 Å². The maximum absolute atomic E-state index is 9.23. The Morgan fingerprint density at radius 3 is 2.68 bits per heavy atom. The van der Waals surface area contributed by atoms with Gasteiger partial charge in [-0.15, -0.1) is 0 Å². The highest BCUT2D eigenvalue weighted by Crippen LogP contribution is 2.20. The van der Waals surface area contributed by atoms with Gasteiger partial charge in [-0.3, -0.25) is 5.32 Å². The molecule has 19 heavy (non-hydrogen) atoms. The summed E-state index contributed by atoms with van der Waals surface area (Å²) in [5, 5.41) is 13.2. The van der Waals surface area contributed by atoms with Crippen molar-refractivity contribution in [3.8, 4) is 6.07 Å². The van der Waals surface area contributed by atoms with Crippen LogP contribution in [0.1, 0.15) is 43.7 Å². The highest BCUT2D eigenvalue weighted by atomic mass is 35.5. The Morgan fingerprint density at radius 2 is 2.05 bits per heavy atom. The molecule has 0 saturated heterocycles. The molecule has 1 aromatic carbocycles. The quantitative estimate of drug-likeness (QED) is 0.809. The number of rotatable bonds is 5. The van der Waals surface area contributed by atoms with Crippen molar-refractivity contribution in [3.05, 3.63) is 46.5 Å². The van der Waals surface area contributed by atoms with Crippen molar-refractivity contribution in [3.63, 3.8) is 0 Å². The number of nitriles is 1. The molecule has 0 amide bonds. The van der Waals surface area contributed by atoms with Gasteiger partial charge >= 0.3 is 0 Å². The fourth-order valence-corrected chi connectivity index (χ4v) is 2.53. The predicted molar refractivity (Wildman–Crippen MR) is 79.0 cm³/mol. The van der Waals surface area contributed by atoms with Crippen molar-refractivity contribution in [1.29, 1.82) is 5.26 Å². The monoisotopic (exact) mass is 274 g/mol. The fraction of sp³-hybridized carbons (Fsp3) is 0.438. The number of halogens is 1. The highest BCUT2D eigenvalue weighted by Gasteiger charge is 2.10. The molecule has 2 rings (SSSR count). The van der Waals surface area contributed by atoms with E-state index >= 15 is 0 Å². The van der Waals surface area contributed by atoms with Crippen LogP contribution < -0.4 is 5.32 Å². The molecule has 1 N–H and O–H groups in total. The summed E-state index contributed by atoms with van der Waals surface area (Å²) in [5.74, 6) is 0. The first kappa shape index (κ1) is 14.1. The molecule has 0 radical (unpaired) electrons. The van der Waals surface area contributed by atoms with Crippen LogP contribution in [0.5, 0.6) is 0 Å². The highest BCUT2D eigenvalue weighted by molar-refractivity contribution is 6.30. The van der Waals surface area contributed by atoms with Crippen LogP contribution in [0, 0.1) is 11.3 Å². The summed E-state index contributed by atoms with van der Waals surface area (Å²) in [6.45, 7) is 0.854. The average Bonchev–Trinajstić information content (AvgIpc) is 2.46. The molecule has 0 aliphatic heterocycles. The number of hydrogen-bond acceptors (Lipinski definition) is 2. The van der Waals surface area contributed by atoms with E-state index in [-0.39, 0.29) is 6.04 Å². The van der Waals surface area contributed by atoms with E-state index in [0.717, 1.165) is 18.5 Å². The molecule has 0 aromatic heterocycles. The molecule has 0 spiro atoms. The summed E-state index contributed by atoms with van der Waals surface area (Å²) in [6, 6.07) is 9.52. The number of hydrogen-bond donors (Lipinski definition) is 1. The summed E-state index contributed by atoms with van der Waals surface area (Å²) in [5.41, 5.74) is 2.51. The summed E-state index contributed by atoms with van der Waals surface area (Å²) in [4.78, 5) is 0. The Balaban J connectivity index is 1.84. The van der Waals surface area contributed by atoms with E-state index in [4.69, 9.17) is 11.6 Å². The van der Waals surface area contributed by atoms with Crippen LogP contribution in [0.4, 0.5) is 0 Å². The zero-order valence-electron chi connectivity index (χ0n) is 11.0. The molecule has 0 heterocycles. The minimum Gasteiger partial charge on any atom is -0.298 e. The van der Waals surface area contributed by atoms with Gasteiger partial charge in [-0.25, -0.2) is 0 Å². The maximum Gasteiger partial charge on any atom is 0.121 e. The van der Waals surface area contributed by atoms with E-state index in [0.29, 0.717) is 5.02 Å². The number of benzene rings is 1. The molecule has 1 aliphatic rings. The summed E-state index contributed by atoms with van der Waals surface area (Å²) < 4.78 is 0. The van der Waals surface area contributed by atoms with E-state index in [9.17, 15) is 5.26 Å². The van der Waals surface area contributed by atoms with Gasteiger partial charge in [-0.05, 0) is 49.8 Å². The van der Waals surface area contributed by atoms with E-state index in [2.05, 4.69) is 17.5 Å². The van der Waals surface area contributed by atoms with Crippen LogP contribution in [0.25, 0.3) is 0 Å². The Bertz CT molecular complexity index is 471. The molecule has 0 bridgehead atoms. The first-order chi connectivity index (χ1) is 9.29. The van der Waals surface area contributed by atoms with Crippen LogP contribution in [0.2, 0.25) is 5.02 Å². The Labute approximate surface area is 120 Å². The molecule has 2 nitrogen and oxygen atoms in total. The fourth-order valence-electron chi connectivity index (χ4n) is 2.40. The molecule has 1 unspecified atom stereocenters. The van der Waals surface area contributed by atoms with Crippen molar-refractivity contribution in [2.45, 2.75) is 38.1 Å². The van der Waals surface area contributed by atoms with Crippen LogP contribution in [0.3, 0.4) is 0 Å². The molecule has 100 valence electrons. The van der Waals surface area contributed by atoms with Crippen LogP contribution in [-0.2, 0) is 0 Å². The summed E-state index contributed by atoms with van der Waals surface area (Å²) in [6.07, 6.45) is 8.47. The Morgan fingerprint density at radius 1 is 1.26 bits per heavy atom. The number of nitrogens with zero attached hydrogens (tertiary/aromatic N) is 1. The molecule has 0 fully saturated rings. The molecule has 0 saturated carbocycles. The van der Waals surface area contributed by atoms with Gasteiger partial charge in [0, 0.05) is 11.6 Å². The van der Waals surface area contributed by atoms with Crippen LogP contribution >= 0.6 is 11.6 Å². The third kappa shape index (κ3) is 4.38. The largest absolute Gasteiger partial charge is 0.298 e. The lowest BCUT2D eigenvalue weighted by atomic mass is 9.97. The van der Waals surface area contributed by atoms with Crippen LogP contribution in [-0.4, -0.2) is 6.54 Å². The van der Waals surface area contributed by atoms with Gasteiger partial charge < -0.3 is 0 Å². The zero-order chi connectivity index (χ0) is 13.5. The lowest BCUT2D eigenvalue weighted by Gasteiger charge is -2.15. The normalized spacial score (nSPS) is 16.5. The van der Waals surface area contributed by atoms with Gasteiger partial charge in [0.1, 0.15) is 6.04 Å². The second-order valence-corrected chi connectivity index (χ2v) is 5.36. The molecular weight excluding hydrogens is 256 g/mol. The van der Waals surface area contributed by atoms with Crippen molar-refractivity contribution >= 4 is 11.6 Å². The second-order valence-electron chi connectivity index (χ2n) is 4.93. The van der Waals surface area contributed by atoms with Gasteiger partial charge in [0.05, 0.1) is 6.07 Å². The Hall–Kier alpha value is -1.30. The van der Waals surface area contributed by atoms with Gasteiger partial charge in [0.25, 0.3) is 0 Å². The van der Waals surface area contributed by atoms with Gasteiger partial charge in [-0.2, -0.15) is 5.26 Å². The first-order valence-corrected chi connectivity index (χ1v) is 7.24. The zero-order valence-corrected chi connectivity index (χ0v) is 11.8. The minimum atomic E-state index is -0.249. The van der Waals surface area contributed by atoms with Crippen molar-refractivity contribution in [2.24, 2.45) is 0 Å². The number of nitrogens with one attached hydrogen (secondary N) is 1. The van der Waals surface area contributed by atoms with Gasteiger partial charge in [-0.1, -0.05) is 35.4 Å². The predicted octanol–water partition coefficient (Wildman–Crippen LogP) is 4.38. The average molecular weight is 275 g/mol. The maximum atomic E-state index is 9.23. The third-order valence-corrected chi connectivity index (χ3v) is 3.76. The summed E-state index contributed by atoms with van der Waals surface area (Å²) >= 11 is 5.85. The third-order valence-electron chi connectivity index (χ3n) is 3.51. The number of allylic oxidation sites excluding steroid dienone is 1. The molecule has 1 aromatic rings. The smallest absolute Gasteiger partial charge is 0.121 e. The Kier molecular flexibility index (Phi) is 5.44. The SMILES string of the molecule is N#CC(NCCC1=CCCCC1)c1ccc(Cl)cc1. The molecular formula is C16H19ClN2. The van der Waals surface area contributed by atoms with Crippen molar-refractivity contribution in [2.75, 3.05) is 6.54 Å². The minimum absolute atomic E-state index is 0.249. The molecule has 3 heteroatoms. The van der Waals surface area contributed by atoms with E-state index in [1.165, 1.54) is 31.3 Å². The molecule has 1 atom stereocenters. The van der Waals surface area contributed by atoms with E-state index < -0.39 is 0 Å². The molecule has 1 aliphatic carbocycles. The van der Waals surface area contributed by atoms with Crippen molar-refractivity contribution < 1.29 is 0 Å². The van der Waals surface area contributed by atoms with Gasteiger partial charge in [0.15, 0.2) is 0 Å². The van der Waals surface area contributed by atoms with Crippen molar-refractivity contribution in [1.82, 2.24) is 5.32 Å². The second kappa shape index (κ2) is 7.33. The van der Waals surface area contributed by atoms with Crippen LogP contribution in [0.15, 0.2) is 35.9 Å². The van der Waals surface area contributed by atoms with E-state index in [1.54, 1.807) is 0 Å². The first-order valence-electron chi connectivity index (χ1n) is 6.86. The topological polar surface area (TPSA) is 35.8 Å². The lowest BCUT2D eigenvalue weighted by molar-refractivity contribution is 0.602. The van der Waals surface area contributed by atoms with Gasteiger partial charge in [0.2, 0.25) is 0 Å². The summed E-state index contributed by atoms with van der Waals surface area (Å²) in [7, 11) is 0. The lowest BCUT2D eigenvalue weighted by Crippen LogP contribution is -2.21.